The first-order chi connectivity index (χ1) is 8.40. The molecule has 17 heavy (non-hydrogen) atoms. The number of nitrogens with one attached hydrogen (secondary N) is 1. The van der Waals surface area contributed by atoms with Crippen molar-refractivity contribution < 1.29 is 4.42 Å². The van der Waals surface area contributed by atoms with Crippen molar-refractivity contribution in [2.75, 3.05) is 19.6 Å². The van der Waals surface area contributed by atoms with Crippen LogP contribution in [-0.2, 0) is 6.54 Å². The summed E-state index contributed by atoms with van der Waals surface area (Å²) in [6, 6.07) is 4.84. The Morgan fingerprint density at radius 1 is 1.41 bits per heavy atom. The van der Waals surface area contributed by atoms with Crippen LogP contribution in [0, 0.1) is 0 Å². The molecule has 1 fully saturated rings. The van der Waals surface area contributed by atoms with Crippen LogP contribution < -0.4 is 5.32 Å². The van der Waals surface area contributed by atoms with Crippen molar-refractivity contribution >= 4 is 0 Å². The fraction of sp³-hybridized carbons (Fsp3) is 0.714. The van der Waals surface area contributed by atoms with Crippen molar-refractivity contribution in [1.82, 2.24) is 10.2 Å². The van der Waals surface area contributed by atoms with Gasteiger partial charge in [-0.25, -0.2) is 0 Å². The minimum Gasteiger partial charge on any atom is -0.468 e. The molecule has 0 saturated heterocycles. The highest BCUT2D eigenvalue weighted by molar-refractivity contribution is 4.99. The molecule has 1 aromatic heterocycles. The standard InChI is InChI=1S/C14H24N2O/c1-2-3-8-15-9-10-16(13-6-7-13)12-14-5-4-11-17-14/h4-5,11,13,15H,2-3,6-10,12H2,1H3. The second-order valence-electron chi connectivity index (χ2n) is 4.88. The van der Waals surface area contributed by atoms with Gasteiger partial charge in [0.2, 0.25) is 0 Å². The van der Waals surface area contributed by atoms with Gasteiger partial charge in [0.25, 0.3) is 0 Å². The van der Waals surface area contributed by atoms with Crippen LogP contribution in [0.2, 0.25) is 0 Å². The normalized spacial score (nSPS) is 15.6. The molecule has 1 aliphatic rings. The summed E-state index contributed by atoms with van der Waals surface area (Å²) in [6.45, 7) is 6.57. The molecule has 3 nitrogen and oxygen atoms in total. The quantitative estimate of drug-likeness (QED) is 0.668. The van der Waals surface area contributed by atoms with Crippen LogP contribution >= 0.6 is 0 Å². The van der Waals surface area contributed by atoms with E-state index in [2.05, 4.69) is 23.2 Å². The number of rotatable bonds is 9. The third-order valence-electron chi connectivity index (χ3n) is 3.29. The summed E-state index contributed by atoms with van der Waals surface area (Å²) < 4.78 is 5.42. The first kappa shape index (κ1) is 12.7. The summed E-state index contributed by atoms with van der Waals surface area (Å²) >= 11 is 0. The maximum absolute atomic E-state index is 5.42. The van der Waals surface area contributed by atoms with Crippen LogP contribution in [0.1, 0.15) is 38.4 Å². The second-order valence-corrected chi connectivity index (χ2v) is 4.88. The highest BCUT2D eigenvalue weighted by Crippen LogP contribution is 2.27. The van der Waals surface area contributed by atoms with Gasteiger partial charge in [0.1, 0.15) is 5.76 Å². The van der Waals surface area contributed by atoms with Crippen LogP contribution in [0.3, 0.4) is 0 Å². The summed E-state index contributed by atoms with van der Waals surface area (Å²) in [5, 5.41) is 3.51. The third-order valence-corrected chi connectivity index (χ3v) is 3.29. The predicted octanol–water partition coefficient (Wildman–Crippen LogP) is 2.63. The van der Waals surface area contributed by atoms with E-state index in [1.54, 1.807) is 6.26 Å². The van der Waals surface area contributed by atoms with Crippen LogP contribution in [0.15, 0.2) is 22.8 Å². The molecule has 0 amide bonds. The molecule has 0 aromatic carbocycles. The number of furan rings is 1. The lowest BCUT2D eigenvalue weighted by atomic mass is 10.3. The van der Waals surface area contributed by atoms with Crippen molar-refractivity contribution in [2.45, 2.75) is 45.2 Å². The lowest BCUT2D eigenvalue weighted by molar-refractivity contribution is 0.234. The highest BCUT2D eigenvalue weighted by Gasteiger charge is 2.28. The van der Waals surface area contributed by atoms with E-state index in [4.69, 9.17) is 4.42 Å². The Labute approximate surface area is 104 Å². The van der Waals surface area contributed by atoms with Crippen molar-refractivity contribution in [3.63, 3.8) is 0 Å². The molecular weight excluding hydrogens is 212 g/mol. The van der Waals surface area contributed by atoms with E-state index in [1.165, 1.54) is 25.7 Å². The Bertz CT molecular complexity index is 293. The monoisotopic (exact) mass is 236 g/mol. The molecular formula is C14H24N2O. The van der Waals surface area contributed by atoms with Crippen LogP contribution in [0.5, 0.6) is 0 Å². The Kier molecular flexibility index (Phi) is 5.08. The fourth-order valence-corrected chi connectivity index (χ4v) is 2.08. The lowest BCUT2D eigenvalue weighted by Crippen LogP contribution is -2.33. The number of unbranched alkanes of at least 4 members (excludes halogenated alkanes) is 1. The third kappa shape index (κ3) is 4.52. The summed E-state index contributed by atoms with van der Waals surface area (Å²) in [5.41, 5.74) is 0. The fourth-order valence-electron chi connectivity index (χ4n) is 2.08. The molecule has 0 radical (unpaired) electrons. The zero-order valence-corrected chi connectivity index (χ0v) is 10.8. The predicted molar refractivity (Wildman–Crippen MR) is 69.9 cm³/mol. The Morgan fingerprint density at radius 2 is 2.29 bits per heavy atom. The van der Waals surface area contributed by atoms with E-state index in [1.807, 2.05) is 6.07 Å². The maximum Gasteiger partial charge on any atom is 0.117 e. The smallest absolute Gasteiger partial charge is 0.117 e. The Balaban J connectivity index is 1.66. The van der Waals surface area contributed by atoms with Gasteiger partial charge in [-0.1, -0.05) is 13.3 Å². The number of nitrogens with zero attached hydrogens (tertiary/aromatic N) is 1. The van der Waals surface area contributed by atoms with E-state index in [-0.39, 0.29) is 0 Å². The summed E-state index contributed by atoms with van der Waals surface area (Å²) in [5.74, 6) is 1.09. The molecule has 0 aliphatic heterocycles. The summed E-state index contributed by atoms with van der Waals surface area (Å²) in [6.07, 6.45) is 7.03. The first-order valence-electron chi connectivity index (χ1n) is 6.87. The van der Waals surface area contributed by atoms with Gasteiger partial charge in [-0.3, -0.25) is 4.90 Å². The minimum absolute atomic E-state index is 0.799. The van der Waals surface area contributed by atoms with Gasteiger partial charge in [-0.15, -0.1) is 0 Å². The molecule has 0 spiro atoms. The van der Waals surface area contributed by atoms with Crippen molar-refractivity contribution in [2.24, 2.45) is 0 Å². The SMILES string of the molecule is CCCCNCCN(Cc1ccco1)C1CC1. The Hall–Kier alpha value is -0.800. The minimum atomic E-state index is 0.799. The molecule has 1 heterocycles. The average Bonchev–Trinajstić information content (AvgIpc) is 3.06. The molecule has 0 atom stereocenters. The van der Waals surface area contributed by atoms with Crippen molar-refractivity contribution in [1.29, 1.82) is 0 Å². The first-order valence-corrected chi connectivity index (χ1v) is 6.87. The van der Waals surface area contributed by atoms with Crippen LogP contribution in [0.25, 0.3) is 0 Å². The zero-order valence-electron chi connectivity index (χ0n) is 10.8. The number of hydrogen-bond acceptors (Lipinski definition) is 3. The van der Waals surface area contributed by atoms with E-state index in [0.29, 0.717) is 0 Å². The van der Waals surface area contributed by atoms with Gasteiger partial charge < -0.3 is 9.73 Å². The van der Waals surface area contributed by atoms with E-state index in [9.17, 15) is 0 Å². The largest absolute Gasteiger partial charge is 0.468 e. The molecule has 1 saturated carbocycles. The van der Waals surface area contributed by atoms with Crippen molar-refractivity contribution in [3.8, 4) is 0 Å². The maximum atomic E-state index is 5.42. The van der Waals surface area contributed by atoms with Gasteiger partial charge in [0.05, 0.1) is 12.8 Å². The molecule has 1 aliphatic carbocycles. The summed E-state index contributed by atoms with van der Waals surface area (Å²) in [4.78, 5) is 2.54. The molecule has 1 N–H and O–H groups in total. The zero-order chi connectivity index (χ0) is 11.9. The summed E-state index contributed by atoms with van der Waals surface area (Å²) in [7, 11) is 0. The van der Waals surface area contributed by atoms with Gasteiger partial charge in [0, 0.05) is 19.1 Å². The average molecular weight is 236 g/mol. The molecule has 2 rings (SSSR count). The second kappa shape index (κ2) is 6.82. The number of hydrogen-bond donors (Lipinski definition) is 1. The van der Waals surface area contributed by atoms with E-state index >= 15 is 0 Å². The molecule has 3 heteroatoms. The van der Waals surface area contributed by atoms with Crippen molar-refractivity contribution in [3.05, 3.63) is 24.2 Å². The molecule has 1 aromatic rings. The van der Waals surface area contributed by atoms with Crippen LogP contribution in [0.4, 0.5) is 0 Å². The molecule has 0 bridgehead atoms. The Morgan fingerprint density at radius 3 is 2.94 bits per heavy atom. The van der Waals surface area contributed by atoms with Gasteiger partial charge in [-0.05, 0) is 37.9 Å². The van der Waals surface area contributed by atoms with Gasteiger partial charge >= 0.3 is 0 Å². The van der Waals surface area contributed by atoms with Gasteiger partial charge in [-0.2, -0.15) is 0 Å². The lowest BCUT2D eigenvalue weighted by Gasteiger charge is -2.20. The van der Waals surface area contributed by atoms with E-state index < -0.39 is 0 Å². The van der Waals surface area contributed by atoms with Gasteiger partial charge in [0.15, 0.2) is 0 Å². The topological polar surface area (TPSA) is 28.4 Å². The van der Waals surface area contributed by atoms with E-state index in [0.717, 1.165) is 38.0 Å². The molecule has 96 valence electrons. The molecule has 0 unspecified atom stereocenters. The highest BCUT2D eigenvalue weighted by atomic mass is 16.3. The van der Waals surface area contributed by atoms with Crippen LogP contribution in [-0.4, -0.2) is 30.6 Å².